The van der Waals surface area contributed by atoms with Gasteiger partial charge in [-0.15, -0.1) is 0 Å². The molecular formula is C18H22N2O4S. The predicted molar refractivity (Wildman–Crippen MR) is 96.7 cm³/mol. The number of anilines is 1. The van der Waals surface area contributed by atoms with E-state index in [0.29, 0.717) is 18.8 Å². The number of hydrogen-bond acceptors (Lipinski definition) is 4. The molecule has 1 N–H and O–H groups in total. The molecule has 134 valence electrons. The van der Waals surface area contributed by atoms with Gasteiger partial charge in [-0.05, 0) is 19.1 Å². The van der Waals surface area contributed by atoms with Crippen LogP contribution < -0.4 is 4.90 Å². The number of carbonyl (C=O) groups is 3. The maximum absolute atomic E-state index is 12.9. The summed E-state index contributed by atoms with van der Waals surface area (Å²) in [5, 5.41) is 9.08. The Balaban J connectivity index is 1.71. The minimum Gasteiger partial charge on any atom is -0.481 e. The molecule has 2 aliphatic heterocycles. The quantitative estimate of drug-likeness (QED) is 0.883. The Labute approximate surface area is 151 Å². The summed E-state index contributed by atoms with van der Waals surface area (Å²) in [7, 11) is 0. The van der Waals surface area contributed by atoms with Crippen LogP contribution in [0.1, 0.15) is 18.4 Å². The largest absolute Gasteiger partial charge is 0.481 e. The lowest BCUT2D eigenvalue weighted by atomic mass is 10.0. The molecule has 0 saturated carbocycles. The minimum absolute atomic E-state index is 0.0406. The van der Waals surface area contributed by atoms with Gasteiger partial charge in [0.05, 0.1) is 18.4 Å². The molecule has 0 radical (unpaired) electrons. The number of carbonyl (C=O) groups excluding carboxylic acids is 2. The zero-order chi connectivity index (χ0) is 18.0. The van der Waals surface area contributed by atoms with Crippen molar-refractivity contribution in [2.45, 2.75) is 25.8 Å². The highest BCUT2D eigenvalue weighted by molar-refractivity contribution is 7.99. The van der Waals surface area contributed by atoms with E-state index in [0.717, 1.165) is 17.0 Å². The van der Waals surface area contributed by atoms with Crippen LogP contribution in [-0.2, 0) is 14.4 Å². The van der Waals surface area contributed by atoms with Crippen molar-refractivity contribution >= 4 is 35.2 Å². The molecule has 2 heterocycles. The number of aliphatic carboxylic acids is 1. The molecule has 1 aromatic carbocycles. The van der Waals surface area contributed by atoms with Crippen LogP contribution in [0, 0.1) is 12.8 Å². The van der Waals surface area contributed by atoms with E-state index in [1.807, 2.05) is 31.2 Å². The van der Waals surface area contributed by atoms with E-state index < -0.39 is 11.9 Å². The van der Waals surface area contributed by atoms with Gasteiger partial charge in [0.15, 0.2) is 0 Å². The van der Waals surface area contributed by atoms with Crippen molar-refractivity contribution in [1.29, 1.82) is 0 Å². The van der Waals surface area contributed by atoms with Crippen LogP contribution in [0.3, 0.4) is 0 Å². The number of carboxylic acid groups (broad SMARTS) is 1. The smallest absolute Gasteiger partial charge is 0.305 e. The summed E-state index contributed by atoms with van der Waals surface area (Å²) in [4.78, 5) is 39.7. The molecule has 25 heavy (non-hydrogen) atoms. The van der Waals surface area contributed by atoms with Crippen LogP contribution in [0.2, 0.25) is 0 Å². The zero-order valence-corrected chi connectivity index (χ0v) is 15.0. The Morgan fingerprint density at radius 2 is 2.00 bits per heavy atom. The minimum atomic E-state index is -0.894. The van der Waals surface area contributed by atoms with Gasteiger partial charge in [-0.3, -0.25) is 14.4 Å². The Hall–Kier alpha value is -2.02. The van der Waals surface area contributed by atoms with Gasteiger partial charge in [-0.2, -0.15) is 11.8 Å². The number of benzene rings is 1. The average Bonchev–Trinajstić information content (AvgIpc) is 2.97. The summed E-state index contributed by atoms with van der Waals surface area (Å²) in [5.41, 5.74) is 1.92. The van der Waals surface area contributed by atoms with E-state index in [-0.39, 0.29) is 30.7 Å². The zero-order valence-electron chi connectivity index (χ0n) is 14.2. The Morgan fingerprint density at radius 1 is 1.28 bits per heavy atom. The second-order valence-corrected chi connectivity index (χ2v) is 7.75. The maximum atomic E-state index is 12.9. The molecule has 2 fully saturated rings. The first-order valence-electron chi connectivity index (χ1n) is 8.42. The first kappa shape index (κ1) is 17.8. The Morgan fingerprint density at radius 3 is 2.68 bits per heavy atom. The van der Waals surface area contributed by atoms with Gasteiger partial charge in [-0.1, -0.05) is 17.7 Å². The fourth-order valence-electron chi connectivity index (χ4n) is 3.40. The van der Waals surface area contributed by atoms with E-state index in [4.69, 9.17) is 5.11 Å². The van der Waals surface area contributed by atoms with Gasteiger partial charge >= 0.3 is 5.97 Å². The molecule has 2 unspecified atom stereocenters. The SMILES string of the molecule is Cc1ccc(N2CC(C(=O)N3CCSCC3CC(=O)O)CC2=O)cc1. The number of aryl methyl sites for hydroxylation is 1. The summed E-state index contributed by atoms with van der Waals surface area (Å²) in [6.45, 7) is 2.90. The summed E-state index contributed by atoms with van der Waals surface area (Å²) < 4.78 is 0. The normalized spacial score (nSPS) is 23.8. The average molecular weight is 362 g/mol. The first-order chi connectivity index (χ1) is 12.0. The second-order valence-electron chi connectivity index (χ2n) is 6.60. The monoisotopic (exact) mass is 362 g/mol. The third kappa shape index (κ3) is 3.98. The van der Waals surface area contributed by atoms with Crippen molar-refractivity contribution in [1.82, 2.24) is 4.90 Å². The molecule has 0 spiro atoms. The number of carboxylic acids is 1. The van der Waals surface area contributed by atoms with E-state index in [1.165, 1.54) is 0 Å². The van der Waals surface area contributed by atoms with Crippen molar-refractivity contribution in [2.75, 3.05) is 29.5 Å². The van der Waals surface area contributed by atoms with Gasteiger partial charge < -0.3 is 14.9 Å². The third-order valence-corrected chi connectivity index (χ3v) is 5.83. The number of thioether (sulfide) groups is 1. The van der Waals surface area contributed by atoms with E-state index in [2.05, 4.69) is 0 Å². The maximum Gasteiger partial charge on any atom is 0.305 e. The second kappa shape index (κ2) is 7.47. The molecule has 7 heteroatoms. The van der Waals surface area contributed by atoms with Crippen molar-refractivity contribution in [3.8, 4) is 0 Å². The van der Waals surface area contributed by atoms with Gasteiger partial charge in [0.1, 0.15) is 0 Å². The molecule has 0 aromatic heterocycles. The van der Waals surface area contributed by atoms with Crippen LogP contribution in [0.25, 0.3) is 0 Å². The molecule has 2 amide bonds. The molecule has 6 nitrogen and oxygen atoms in total. The summed E-state index contributed by atoms with van der Waals surface area (Å²) >= 11 is 1.67. The fourth-order valence-corrected chi connectivity index (χ4v) is 4.46. The number of amides is 2. The summed E-state index contributed by atoms with van der Waals surface area (Å²) in [5.74, 6) is 0.0186. The molecule has 0 bridgehead atoms. The topological polar surface area (TPSA) is 77.9 Å². The lowest BCUT2D eigenvalue weighted by molar-refractivity contribution is -0.142. The van der Waals surface area contributed by atoms with Crippen molar-refractivity contribution in [3.63, 3.8) is 0 Å². The number of rotatable bonds is 4. The van der Waals surface area contributed by atoms with E-state index >= 15 is 0 Å². The molecule has 2 atom stereocenters. The standard InChI is InChI=1S/C18H22N2O4S/c1-12-2-4-14(5-3-12)20-10-13(8-16(20)21)18(24)19-6-7-25-11-15(19)9-17(22)23/h2-5,13,15H,6-11H2,1H3,(H,22,23). The van der Waals surface area contributed by atoms with Crippen molar-refractivity contribution in [3.05, 3.63) is 29.8 Å². The number of hydrogen-bond donors (Lipinski definition) is 1. The van der Waals surface area contributed by atoms with Crippen LogP contribution >= 0.6 is 11.8 Å². The van der Waals surface area contributed by atoms with Gasteiger partial charge in [0.25, 0.3) is 0 Å². The molecule has 2 aliphatic rings. The highest BCUT2D eigenvalue weighted by Crippen LogP contribution is 2.29. The summed E-state index contributed by atoms with van der Waals surface area (Å²) in [6, 6.07) is 7.40. The number of nitrogens with zero attached hydrogens (tertiary/aromatic N) is 2. The molecule has 0 aliphatic carbocycles. The van der Waals surface area contributed by atoms with E-state index in [9.17, 15) is 14.4 Å². The van der Waals surface area contributed by atoms with Gasteiger partial charge in [-0.25, -0.2) is 0 Å². The molecular weight excluding hydrogens is 340 g/mol. The van der Waals surface area contributed by atoms with Gasteiger partial charge in [0, 0.05) is 36.7 Å². The predicted octanol–water partition coefficient (Wildman–Crippen LogP) is 1.77. The fraction of sp³-hybridized carbons (Fsp3) is 0.500. The molecule has 2 saturated heterocycles. The summed E-state index contributed by atoms with van der Waals surface area (Å²) in [6.07, 6.45) is 0.150. The van der Waals surface area contributed by atoms with Crippen molar-refractivity contribution < 1.29 is 19.5 Å². The lowest BCUT2D eigenvalue weighted by Gasteiger charge is -2.36. The first-order valence-corrected chi connectivity index (χ1v) is 9.58. The Kier molecular flexibility index (Phi) is 5.32. The van der Waals surface area contributed by atoms with Crippen LogP contribution in [-0.4, -0.2) is 58.4 Å². The van der Waals surface area contributed by atoms with Gasteiger partial charge in [0.2, 0.25) is 11.8 Å². The lowest BCUT2D eigenvalue weighted by Crippen LogP contribution is -2.49. The van der Waals surface area contributed by atoms with Crippen LogP contribution in [0.5, 0.6) is 0 Å². The molecule has 1 aromatic rings. The third-order valence-electron chi connectivity index (χ3n) is 4.74. The van der Waals surface area contributed by atoms with Crippen LogP contribution in [0.15, 0.2) is 24.3 Å². The van der Waals surface area contributed by atoms with Crippen LogP contribution in [0.4, 0.5) is 5.69 Å². The highest BCUT2D eigenvalue weighted by Gasteiger charge is 2.40. The van der Waals surface area contributed by atoms with E-state index in [1.54, 1.807) is 21.6 Å². The molecule has 3 rings (SSSR count). The van der Waals surface area contributed by atoms with Crippen molar-refractivity contribution in [2.24, 2.45) is 5.92 Å². The Bertz CT molecular complexity index is 676. The highest BCUT2D eigenvalue weighted by atomic mass is 32.2.